The van der Waals surface area contributed by atoms with Gasteiger partial charge in [0.2, 0.25) is 0 Å². The molecule has 0 saturated carbocycles. The highest BCUT2D eigenvalue weighted by Crippen LogP contribution is 2.26. The lowest BCUT2D eigenvalue weighted by Gasteiger charge is -1.99. The zero-order valence-electron chi connectivity index (χ0n) is 7.72. The zero-order valence-corrected chi connectivity index (χ0v) is 7.72. The summed E-state index contributed by atoms with van der Waals surface area (Å²) in [7, 11) is 0. The average Bonchev–Trinajstić information content (AvgIpc) is 2.80. The number of hydrogen-bond donors (Lipinski definition) is 2. The van der Waals surface area contributed by atoms with Crippen LogP contribution >= 0.6 is 0 Å². The molecule has 0 radical (unpaired) electrons. The quantitative estimate of drug-likeness (QED) is 0.528. The highest BCUT2D eigenvalue weighted by atomic mass is 16.4. The molecule has 1 aliphatic rings. The van der Waals surface area contributed by atoms with Gasteiger partial charge in [-0.1, -0.05) is 18.2 Å². The number of nitrogens with two attached hydrogens (primary N) is 1. The van der Waals surface area contributed by atoms with Crippen LogP contribution in [0.15, 0.2) is 42.6 Å². The van der Waals surface area contributed by atoms with Crippen molar-refractivity contribution in [2.24, 2.45) is 5.90 Å². The van der Waals surface area contributed by atoms with E-state index in [9.17, 15) is 0 Å². The highest BCUT2D eigenvalue weighted by molar-refractivity contribution is 5.50. The number of benzene rings is 1. The Hall–Kier alpha value is -1.58. The Bertz CT molecular complexity index is 434. The van der Waals surface area contributed by atoms with Crippen molar-refractivity contribution in [3.8, 4) is 5.69 Å². The fourth-order valence-corrected chi connectivity index (χ4v) is 1.89. The lowest BCUT2D eigenvalue weighted by molar-refractivity contribution is 0.311. The lowest BCUT2D eigenvalue weighted by atomic mass is 10.1. The Labute approximate surface area is 82.4 Å². The molecule has 2 aromatic rings. The molecular weight excluding hydrogens is 176 g/mol. The van der Waals surface area contributed by atoms with Crippen LogP contribution in [-0.2, 0) is 6.42 Å². The summed E-state index contributed by atoms with van der Waals surface area (Å²) < 4.78 is 2.26. The number of aromatic nitrogens is 1. The third-order valence-electron chi connectivity index (χ3n) is 2.46. The van der Waals surface area contributed by atoms with Crippen LogP contribution < -0.4 is 5.90 Å². The van der Waals surface area contributed by atoms with Crippen LogP contribution in [0.5, 0.6) is 0 Å². The first-order chi connectivity index (χ1) is 6.95. The van der Waals surface area contributed by atoms with E-state index in [1.807, 2.05) is 0 Å². The van der Waals surface area contributed by atoms with Crippen LogP contribution in [0.3, 0.4) is 0 Å². The van der Waals surface area contributed by atoms with E-state index in [0.29, 0.717) is 0 Å². The molecule has 0 fully saturated rings. The van der Waals surface area contributed by atoms with E-state index in [4.69, 9.17) is 5.21 Å². The molecule has 3 N–H and O–H groups in total. The van der Waals surface area contributed by atoms with Crippen molar-refractivity contribution in [2.45, 2.75) is 6.42 Å². The monoisotopic (exact) mass is 188 g/mol. The maximum atomic E-state index is 6.50. The summed E-state index contributed by atoms with van der Waals surface area (Å²) in [6.07, 6.45) is 3.21. The van der Waals surface area contributed by atoms with Gasteiger partial charge in [-0.05, 0) is 23.8 Å². The molecule has 0 aliphatic carbocycles. The minimum absolute atomic E-state index is 1.09. The minimum atomic E-state index is 1.09. The first-order valence-electron chi connectivity index (χ1n) is 4.45. The molecule has 1 aromatic carbocycles. The largest absolute Gasteiger partial charge is 0.320 e. The van der Waals surface area contributed by atoms with E-state index >= 15 is 0 Å². The van der Waals surface area contributed by atoms with Crippen LogP contribution in [0.2, 0.25) is 0 Å². The Morgan fingerprint density at radius 1 is 1.07 bits per heavy atom. The van der Waals surface area contributed by atoms with Gasteiger partial charge in [0.1, 0.15) is 0 Å². The van der Waals surface area contributed by atoms with E-state index in [1.54, 1.807) is 0 Å². The first kappa shape index (κ1) is 8.99. The summed E-state index contributed by atoms with van der Waals surface area (Å²) in [5, 5.41) is 6.50. The van der Waals surface area contributed by atoms with Crippen molar-refractivity contribution >= 4 is 0 Å². The van der Waals surface area contributed by atoms with Gasteiger partial charge in [0.05, 0.1) is 0 Å². The van der Waals surface area contributed by atoms with Crippen molar-refractivity contribution < 1.29 is 5.21 Å². The summed E-state index contributed by atoms with van der Waals surface area (Å²) in [6, 6.07) is 12.8. The molecule has 3 rings (SSSR count). The molecule has 0 saturated heterocycles. The van der Waals surface area contributed by atoms with E-state index in [1.165, 1.54) is 16.9 Å². The highest BCUT2D eigenvalue weighted by Gasteiger charge is 2.15. The third kappa shape index (κ3) is 1.23. The summed E-state index contributed by atoms with van der Waals surface area (Å²) in [5.41, 5.74) is 4.18. The number of fused-ring (bicyclic) bond motifs is 3. The van der Waals surface area contributed by atoms with Gasteiger partial charge in [-0.25, -0.2) is 5.90 Å². The molecule has 3 nitrogen and oxygen atoms in total. The lowest BCUT2D eigenvalue weighted by Crippen LogP contribution is -1.87. The van der Waals surface area contributed by atoms with Crippen LogP contribution in [0.4, 0.5) is 0 Å². The third-order valence-corrected chi connectivity index (χ3v) is 2.46. The van der Waals surface area contributed by atoms with Gasteiger partial charge in [0, 0.05) is 24.0 Å². The number of rotatable bonds is 0. The predicted molar refractivity (Wildman–Crippen MR) is 54.5 cm³/mol. The summed E-state index contributed by atoms with van der Waals surface area (Å²) in [4.78, 5) is 0. The Kier molecular flexibility index (Phi) is 2.35. The molecule has 0 amide bonds. The molecule has 2 heterocycles. The first-order valence-corrected chi connectivity index (χ1v) is 4.45. The Balaban J connectivity index is 0.000000354. The van der Waals surface area contributed by atoms with Crippen LogP contribution in [0.1, 0.15) is 11.3 Å². The normalized spacial score (nSPS) is 11.3. The maximum absolute atomic E-state index is 6.50. The predicted octanol–water partition coefficient (Wildman–Crippen LogP) is 1.72. The van der Waals surface area contributed by atoms with Gasteiger partial charge >= 0.3 is 0 Å². The van der Waals surface area contributed by atoms with Crippen LogP contribution in [0.25, 0.3) is 5.69 Å². The van der Waals surface area contributed by atoms with Gasteiger partial charge in [-0.2, -0.15) is 0 Å². The van der Waals surface area contributed by atoms with Gasteiger partial charge in [0.15, 0.2) is 0 Å². The second kappa shape index (κ2) is 3.65. The molecule has 0 atom stereocenters. The summed E-state index contributed by atoms with van der Waals surface area (Å²) >= 11 is 0. The summed E-state index contributed by atoms with van der Waals surface area (Å²) in [5.74, 6) is 3.50. The number of nitrogens with zero attached hydrogens (tertiary/aromatic N) is 1. The number of hydrogen-bond acceptors (Lipinski definition) is 2. The molecule has 14 heavy (non-hydrogen) atoms. The fraction of sp³-hybridized carbons (Fsp3) is 0.0909. The zero-order chi connectivity index (χ0) is 9.97. The van der Waals surface area contributed by atoms with E-state index in [0.717, 1.165) is 6.42 Å². The second-order valence-electron chi connectivity index (χ2n) is 3.18. The molecule has 1 aromatic heterocycles. The smallest absolute Gasteiger partial charge is 0.0488 e. The van der Waals surface area contributed by atoms with Gasteiger partial charge < -0.3 is 9.77 Å². The van der Waals surface area contributed by atoms with Crippen LogP contribution in [-0.4, -0.2) is 9.77 Å². The second-order valence-corrected chi connectivity index (χ2v) is 3.18. The molecule has 0 spiro atoms. The van der Waals surface area contributed by atoms with Crippen molar-refractivity contribution in [1.82, 2.24) is 4.57 Å². The van der Waals surface area contributed by atoms with Gasteiger partial charge in [-0.3, -0.25) is 0 Å². The molecule has 3 heteroatoms. The van der Waals surface area contributed by atoms with E-state index in [-0.39, 0.29) is 0 Å². The summed E-state index contributed by atoms with van der Waals surface area (Å²) in [6.45, 7) is 0. The standard InChI is InChI=1S/C11H9N.H3NO/c1-2-6-11-9(4-1)8-10-5-3-7-12(10)11;1-2/h1-7H,8H2;2H,1H2. The Morgan fingerprint density at radius 3 is 2.71 bits per heavy atom. The van der Waals surface area contributed by atoms with Crippen molar-refractivity contribution in [1.29, 1.82) is 0 Å². The molecule has 0 unspecified atom stereocenters. The van der Waals surface area contributed by atoms with E-state index < -0.39 is 0 Å². The Morgan fingerprint density at radius 2 is 1.86 bits per heavy atom. The van der Waals surface area contributed by atoms with Crippen molar-refractivity contribution in [2.75, 3.05) is 0 Å². The van der Waals surface area contributed by atoms with Gasteiger partial charge in [-0.15, -0.1) is 0 Å². The topological polar surface area (TPSA) is 51.2 Å². The molecule has 72 valence electrons. The van der Waals surface area contributed by atoms with E-state index in [2.05, 4.69) is 53.1 Å². The average molecular weight is 188 g/mol. The molecule has 0 bridgehead atoms. The molecule has 1 aliphatic heterocycles. The van der Waals surface area contributed by atoms with Gasteiger partial charge in [0.25, 0.3) is 0 Å². The maximum Gasteiger partial charge on any atom is 0.0488 e. The van der Waals surface area contributed by atoms with Crippen molar-refractivity contribution in [3.05, 3.63) is 53.9 Å². The van der Waals surface area contributed by atoms with Crippen LogP contribution in [0, 0.1) is 0 Å². The molecular formula is C11H12N2O. The fourth-order valence-electron chi connectivity index (χ4n) is 1.89. The minimum Gasteiger partial charge on any atom is -0.320 e. The number of para-hydroxylation sites is 1. The van der Waals surface area contributed by atoms with Crippen molar-refractivity contribution in [3.63, 3.8) is 0 Å². The SMILES string of the molecule is NO.c1ccc2c(c1)Cc1cccn1-2.